The summed E-state index contributed by atoms with van der Waals surface area (Å²) in [5.41, 5.74) is 0. The molecule has 0 saturated heterocycles. The Kier molecular flexibility index (Phi) is 40.4. The van der Waals surface area contributed by atoms with Crippen LogP contribution in [0.4, 0.5) is 0 Å². The molecule has 258 valence electrons. The van der Waals surface area contributed by atoms with Crippen molar-refractivity contribution in [1.29, 1.82) is 0 Å². The molecule has 0 aliphatic carbocycles. The molecule has 0 aromatic heterocycles. The molecule has 0 saturated carbocycles. The molecule has 0 bridgehead atoms. The summed E-state index contributed by atoms with van der Waals surface area (Å²) in [7, 11) is 0. The molecule has 0 fully saturated rings. The fourth-order valence-corrected chi connectivity index (χ4v) is 3.92. The van der Waals surface area contributed by atoms with Crippen LogP contribution in [-0.4, -0.2) is 126 Å². The maximum absolute atomic E-state index is 5.65. The van der Waals surface area contributed by atoms with E-state index in [1.165, 1.54) is 70.5 Å². The van der Waals surface area contributed by atoms with Gasteiger partial charge in [-0.2, -0.15) is 0 Å². The Morgan fingerprint density at radius 1 is 0.302 bits per heavy atom. The van der Waals surface area contributed by atoms with Crippen LogP contribution in [-0.2, 0) is 47.4 Å². The smallest absolute Gasteiger partial charge is 0.111 e. The average Bonchev–Trinajstić information content (AvgIpc) is 3.02. The van der Waals surface area contributed by atoms with Gasteiger partial charge in [0.15, 0.2) is 0 Å². The summed E-state index contributed by atoms with van der Waals surface area (Å²) in [6.07, 6.45) is 16.3. The third kappa shape index (κ3) is 41.2. The monoisotopic (exact) mass is 622 g/mol. The van der Waals surface area contributed by atoms with E-state index in [1.54, 1.807) is 0 Å². The summed E-state index contributed by atoms with van der Waals surface area (Å²) >= 11 is 0. The van der Waals surface area contributed by atoms with Crippen molar-refractivity contribution in [3.8, 4) is 0 Å². The fourth-order valence-electron chi connectivity index (χ4n) is 3.92. The lowest BCUT2D eigenvalue weighted by molar-refractivity contribution is -0.0256. The minimum atomic E-state index is 0.508. The maximum Gasteiger partial charge on any atom is 0.111 e. The second-order valence-corrected chi connectivity index (χ2v) is 10.1. The Morgan fingerprint density at radius 2 is 0.535 bits per heavy atom. The third-order valence-electron chi connectivity index (χ3n) is 6.33. The lowest BCUT2D eigenvalue weighted by Gasteiger charge is -2.09. The first kappa shape index (κ1) is 42.2. The minimum Gasteiger partial charge on any atom is -0.499 e. The molecule has 43 heavy (non-hydrogen) atoms. The van der Waals surface area contributed by atoms with E-state index in [9.17, 15) is 0 Å². The van der Waals surface area contributed by atoms with E-state index in [0.717, 1.165) is 13.0 Å². The van der Waals surface area contributed by atoms with Crippen molar-refractivity contribution in [2.75, 3.05) is 126 Å². The van der Waals surface area contributed by atoms with E-state index < -0.39 is 0 Å². The summed E-state index contributed by atoms with van der Waals surface area (Å²) in [5, 5.41) is 0. The van der Waals surface area contributed by atoms with Crippen LogP contribution in [0.15, 0.2) is 12.8 Å². The van der Waals surface area contributed by atoms with Crippen molar-refractivity contribution < 1.29 is 47.4 Å². The van der Waals surface area contributed by atoms with Gasteiger partial charge >= 0.3 is 0 Å². The van der Waals surface area contributed by atoms with Crippen LogP contribution in [0.5, 0.6) is 0 Å². The van der Waals surface area contributed by atoms with Crippen LogP contribution in [0.2, 0.25) is 0 Å². The zero-order valence-electron chi connectivity index (χ0n) is 27.6. The van der Waals surface area contributed by atoms with Crippen molar-refractivity contribution >= 4 is 0 Å². The average molecular weight is 623 g/mol. The van der Waals surface area contributed by atoms with Crippen LogP contribution in [0.25, 0.3) is 0 Å². The lowest BCUT2D eigenvalue weighted by atomic mass is 10.1. The van der Waals surface area contributed by atoms with Gasteiger partial charge in [-0.05, 0) is 6.42 Å². The van der Waals surface area contributed by atoms with E-state index >= 15 is 0 Å². The van der Waals surface area contributed by atoms with E-state index in [1.807, 2.05) is 0 Å². The highest BCUT2D eigenvalue weighted by Gasteiger charge is 1.97. The SMILES string of the molecule is C=COCCOCCOCCOCCOCCOCCOCCOCCOCCOCCCCCCCCCCCCC. The zero-order chi connectivity index (χ0) is 31.0. The third-order valence-corrected chi connectivity index (χ3v) is 6.33. The predicted octanol–water partition coefficient (Wildman–Crippen LogP) is 5.61. The summed E-state index contributed by atoms with van der Waals surface area (Å²) in [6, 6.07) is 0. The molecule has 0 spiro atoms. The normalized spacial score (nSPS) is 11.4. The van der Waals surface area contributed by atoms with E-state index in [0.29, 0.717) is 119 Å². The van der Waals surface area contributed by atoms with Crippen molar-refractivity contribution in [1.82, 2.24) is 0 Å². The highest BCUT2D eigenvalue weighted by molar-refractivity contribution is 4.49. The molecule has 0 N–H and O–H groups in total. The molecule has 0 aliphatic rings. The topological polar surface area (TPSA) is 92.3 Å². The van der Waals surface area contributed by atoms with E-state index in [4.69, 9.17) is 47.4 Å². The Bertz CT molecular complexity index is 498. The molecule has 10 nitrogen and oxygen atoms in total. The van der Waals surface area contributed by atoms with Gasteiger partial charge in [0, 0.05) is 6.61 Å². The Balaban J connectivity index is 3.03. The van der Waals surface area contributed by atoms with Crippen LogP contribution >= 0.6 is 0 Å². The predicted molar refractivity (Wildman–Crippen MR) is 170 cm³/mol. The Hall–Kier alpha value is -0.820. The minimum absolute atomic E-state index is 0.508. The molecule has 0 radical (unpaired) electrons. The molecule has 10 heteroatoms. The molecule has 0 aromatic rings. The standard InChI is InChI=1S/C33H66O10/c1-3-5-6-7-8-9-10-11-12-13-14-15-35-18-19-37-22-23-39-26-27-41-30-31-43-33-32-42-29-28-40-25-24-38-21-20-36-17-16-34-4-2/h4H,2-3,5-33H2,1H3. The summed E-state index contributed by atoms with van der Waals surface area (Å²) in [5.74, 6) is 0. The quantitative estimate of drug-likeness (QED) is 0.0635. The molecular weight excluding hydrogens is 556 g/mol. The summed E-state index contributed by atoms with van der Waals surface area (Å²) < 4.78 is 54.3. The highest BCUT2D eigenvalue weighted by Crippen LogP contribution is 2.11. The van der Waals surface area contributed by atoms with Gasteiger partial charge in [-0.1, -0.05) is 77.7 Å². The summed E-state index contributed by atoms with van der Waals surface area (Å²) in [6.45, 7) is 16.4. The fraction of sp³-hybridized carbons (Fsp3) is 0.939. The Labute approximate surface area is 263 Å². The van der Waals surface area contributed by atoms with Gasteiger partial charge in [-0.3, -0.25) is 0 Å². The number of ether oxygens (including phenoxy) is 10. The van der Waals surface area contributed by atoms with E-state index in [2.05, 4.69) is 13.5 Å². The maximum atomic E-state index is 5.65. The molecule has 0 amide bonds. The number of unbranched alkanes of at least 4 members (excludes halogenated alkanes) is 10. The molecular formula is C33H66O10. The zero-order valence-corrected chi connectivity index (χ0v) is 27.6. The largest absolute Gasteiger partial charge is 0.499 e. The van der Waals surface area contributed by atoms with Crippen molar-refractivity contribution in [2.45, 2.75) is 77.6 Å². The second kappa shape index (κ2) is 41.2. The first-order valence-corrected chi connectivity index (χ1v) is 16.8. The molecule has 0 aliphatic heterocycles. The number of hydrogen-bond acceptors (Lipinski definition) is 10. The van der Waals surface area contributed by atoms with E-state index in [-0.39, 0.29) is 0 Å². The van der Waals surface area contributed by atoms with Gasteiger partial charge in [-0.15, -0.1) is 0 Å². The second-order valence-electron chi connectivity index (χ2n) is 10.1. The van der Waals surface area contributed by atoms with Gasteiger partial charge in [0.1, 0.15) is 6.61 Å². The molecule has 0 heterocycles. The first-order chi connectivity index (χ1) is 21.4. The first-order valence-electron chi connectivity index (χ1n) is 16.8. The van der Waals surface area contributed by atoms with Gasteiger partial charge in [0.05, 0.1) is 119 Å². The summed E-state index contributed by atoms with van der Waals surface area (Å²) in [4.78, 5) is 0. The lowest BCUT2D eigenvalue weighted by Crippen LogP contribution is -2.15. The molecule has 0 aromatic carbocycles. The van der Waals surface area contributed by atoms with Gasteiger partial charge in [-0.25, -0.2) is 0 Å². The van der Waals surface area contributed by atoms with Crippen LogP contribution in [0, 0.1) is 0 Å². The van der Waals surface area contributed by atoms with Crippen LogP contribution in [0.1, 0.15) is 77.6 Å². The molecule has 0 rings (SSSR count). The molecule has 0 atom stereocenters. The number of hydrogen-bond donors (Lipinski definition) is 0. The van der Waals surface area contributed by atoms with Crippen molar-refractivity contribution in [3.63, 3.8) is 0 Å². The van der Waals surface area contributed by atoms with Gasteiger partial charge < -0.3 is 47.4 Å². The molecule has 0 unspecified atom stereocenters. The van der Waals surface area contributed by atoms with Crippen LogP contribution in [0.3, 0.4) is 0 Å². The highest BCUT2D eigenvalue weighted by atomic mass is 16.6. The van der Waals surface area contributed by atoms with Gasteiger partial charge in [0.25, 0.3) is 0 Å². The van der Waals surface area contributed by atoms with Crippen molar-refractivity contribution in [3.05, 3.63) is 12.8 Å². The van der Waals surface area contributed by atoms with Crippen molar-refractivity contribution in [2.24, 2.45) is 0 Å². The number of rotatable bonds is 40. The van der Waals surface area contributed by atoms with Crippen LogP contribution < -0.4 is 0 Å². The Morgan fingerprint density at radius 3 is 0.814 bits per heavy atom. The van der Waals surface area contributed by atoms with Gasteiger partial charge in [0.2, 0.25) is 0 Å².